The molecule has 1 amide bonds. The summed E-state index contributed by atoms with van der Waals surface area (Å²) in [6.45, 7) is 1.35. The van der Waals surface area contributed by atoms with Crippen molar-refractivity contribution in [1.29, 1.82) is 0 Å². The molecule has 0 unspecified atom stereocenters. The zero-order chi connectivity index (χ0) is 22.4. The molecular formula is C20H21N3O7S. The normalized spacial score (nSPS) is 15.0. The van der Waals surface area contributed by atoms with Gasteiger partial charge in [0.2, 0.25) is 15.9 Å². The molecular weight excluding hydrogens is 426 g/mol. The number of nitro benzene ring substituents is 1. The summed E-state index contributed by atoms with van der Waals surface area (Å²) in [5.41, 5.74) is 0.595. The van der Waals surface area contributed by atoms with Gasteiger partial charge in [-0.2, -0.15) is 4.31 Å². The maximum Gasteiger partial charge on any atom is 0.271 e. The van der Waals surface area contributed by atoms with Gasteiger partial charge in [0.15, 0.2) is 0 Å². The van der Waals surface area contributed by atoms with Crippen molar-refractivity contribution in [2.24, 2.45) is 0 Å². The monoisotopic (exact) mass is 447 g/mol. The number of morpholine rings is 1. The lowest BCUT2D eigenvalue weighted by Gasteiger charge is -2.26. The summed E-state index contributed by atoms with van der Waals surface area (Å²) in [5, 5.41) is 13.5. The van der Waals surface area contributed by atoms with Gasteiger partial charge in [-0.1, -0.05) is 12.1 Å². The van der Waals surface area contributed by atoms with Crippen molar-refractivity contribution in [1.82, 2.24) is 4.31 Å². The Hall–Kier alpha value is -3.28. The van der Waals surface area contributed by atoms with Crippen LogP contribution < -0.4 is 10.1 Å². The number of nitrogens with one attached hydrogen (secondary N) is 1. The number of hydrogen-bond donors (Lipinski definition) is 1. The summed E-state index contributed by atoms with van der Waals surface area (Å²) < 4.78 is 36.9. The predicted molar refractivity (Wildman–Crippen MR) is 113 cm³/mol. The van der Waals surface area contributed by atoms with Crippen LogP contribution in [0.4, 0.5) is 11.4 Å². The second-order valence-electron chi connectivity index (χ2n) is 6.55. The van der Waals surface area contributed by atoms with Crippen molar-refractivity contribution in [2.75, 3.05) is 38.7 Å². The fourth-order valence-corrected chi connectivity index (χ4v) is 4.35. The van der Waals surface area contributed by atoms with Gasteiger partial charge in [-0.15, -0.1) is 0 Å². The van der Waals surface area contributed by atoms with Gasteiger partial charge >= 0.3 is 0 Å². The van der Waals surface area contributed by atoms with Gasteiger partial charge in [-0.3, -0.25) is 14.9 Å². The Bertz CT molecular complexity index is 1090. The average molecular weight is 447 g/mol. The van der Waals surface area contributed by atoms with E-state index in [9.17, 15) is 23.3 Å². The van der Waals surface area contributed by atoms with E-state index >= 15 is 0 Å². The van der Waals surface area contributed by atoms with Crippen LogP contribution in [0, 0.1) is 10.1 Å². The van der Waals surface area contributed by atoms with Gasteiger partial charge in [0.25, 0.3) is 5.69 Å². The van der Waals surface area contributed by atoms with Crippen molar-refractivity contribution in [3.05, 3.63) is 64.2 Å². The van der Waals surface area contributed by atoms with E-state index < -0.39 is 20.9 Å². The number of methoxy groups -OCH3 is 1. The molecule has 11 heteroatoms. The maximum atomic E-state index is 12.6. The van der Waals surface area contributed by atoms with E-state index in [1.54, 1.807) is 12.1 Å². The largest absolute Gasteiger partial charge is 0.495 e. The standard InChI is InChI=1S/C20H21N3O7S/c1-29-19-8-5-16(23(25)26)14-18(19)21-20(24)9-4-15-2-6-17(7-3-15)31(27,28)22-10-12-30-13-11-22/h2-9,14H,10-13H2,1H3,(H,21,24). The van der Waals surface area contributed by atoms with E-state index in [0.717, 1.165) is 0 Å². The van der Waals surface area contributed by atoms with Crippen LogP contribution >= 0.6 is 0 Å². The highest BCUT2D eigenvalue weighted by atomic mass is 32.2. The Morgan fingerprint density at radius 3 is 2.48 bits per heavy atom. The first-order valence-corrected chi connectivity index (χ1v) is 10.7. The molecule has 1 N–H and O–H groups in total. The first-order valence-electron chi connectivity index (χ1n) is 9.31. The Balaban J connectivity index is 1.69. The van der Waals surface area contributed by atoms with Gasteiger partial charge in [0, 0.05) is 31.3 Å². The van der Waals surface area contributed by atoms with Crippen molar-refractivity contribution in [2.45, 2.75) is 4.90 Å². The molecule has 1 heterocycles. The molecule has 1 saturated heterocycles. The number of sulfonamides is 1. The average Bonchev–Trinajstić information content (AvgIpc) is 2.78. The van der Waals surface area contributed by atoms with Gasteiger partial charge in [-0.25, -0.2) is 8.42 Å². The lowest BCUT2D eigenvalue weighted by Crippen LogP contribution is -2.40. The molecule has 1 aliphatic rings. The molecule has 0 saturated carbocycles. The third kappa shape index (κ3) is 5.45. The Morgan fingerprint density at radius 1 is 1.19 bits per heavy atom. The molecule has 0 aliphatic carbocycles. The van der Waals surface area contributed by atoms with E-state index in [-0.39, 0.29) is 22.0 Å². The number of nitrogens with zero attached hydrogens (tertiary/aromatic N) is 2. The van der Waals surface area contributed by atoms with E-state index in [1.165, 1.54) is 53.9 Å². The van der Waals surface area contributed by atoms with Crippen LogP contribution in [0.1, 0.15) is 5.56 Å². The second kappa shape index (κ2) is 9.69. The Morgan fingerprint density at radius 2 is 1.87 bits per heavy atom. The van der Waals surface area contributed by atoms with Gasteiger partial charge < -0.3 is 14.8 Å². The highest BCUT2D eigenvalue weighted by Crippen LogP contribution is 2.28. The van der Waals surface area contributed by atoms with Crippen LogP contribution in [-0.2, 0) is 19.6 Å². The van der Waals surface area contributed by atoms with Gasteiger partial charge in [0.05, 0.1) is 35.8 Å². The minimum absolute atomic E-state index is 0.164. The number of nitro groups is 1. The van der Waals surface area contributed by atoms with Gasteiger partial charge in [-0.05, 0) is 29.8 Å². The summed E-state index contributed by atoms with van der Waals surface area (Å²) in [7, 11) is -2.20. The molecule has 3 rings (SSSR count). The third-order valence-electron chi connectivity index (χ3n) is 4.57. The predicted octanol–water partition coefficient (Wildman–Crippen LogP) is 2.28. The molecule has 10 nitrogen and oxygen atoms in total. The molecule has 0 radical (unpaired) electrons. The molecule has 1 fully saturated rings. The molecule has 31 heavy (non-hydrogen) atoms. The summed E-state index contributed by atoms with van der Waals surface area (Å²) in [6.07, 6.45) is 2.74. The number of carbonyl (C=O) groups excluding carboxylic acids is 1. The lowest BCUT2D eigenvalue weighted by atomic mass is 10.2. The first-order chi connectivity index (χ1) is 14.8. The van der Waals surface area contributed by atoms with E-state index in [0.29, 0.717) is 31.9 Å². The molecule has 0 atom stereocenters. The fraction of sp³-hybridized carbons (Fsp3) is 0.250. The van der Waals surface area contributed by atoms with Crippen LogP contribution in [0.2, 0.25) is 0 Å². The molecule has 1 aliphatic heterocycles. The minimum Gasteiger partial charge on any atom is -0.495 e. The number of carbonyl (C=O) groups is 1. The quantitative estimate of drug-likeness (QED) is 0.392. The van der Waals surface area contributed by atoms with Crippen molar-refractivity contribution < 1.29 is 27.6 Å². The third-order valence-corrected chi connectivity index (χ3v) is 6.48. The summed E-state index contributed by atoms with van der Waals surface area (Å²) in [4.78, 5) is 22.8. The van der Waals surface area contributed by atoms with Crippen molar-refractivity contribution in [3.8, 4) is 5.75 Å². The first kappa shape index (κ1) is 22.4. The van der Waals surface area contributed by atoms with Crippen LogP contribution in [0.3, 0.4) is 0 Å². The summed E-state index contributed by atoms with van der Waals surface area (Å²) in [5.74, 6) is -0.242. The number of ether oxygens (including phenoxy) is 2. The van der Waals surface area contributed by atoms with E-state index in [2.05, 4.69) is 5.32 Å². The van der Waals surface area contributed by atoms with E-state index in [4.69, 9.17) is 9.47 Å². The summed E-state index contributed by atoms with van der Waals surface area (Å²) in [6, 6.07) is 10.0. The smallest absolute Gasteiger partial charge is 0.271 e. The molecule has 0 aromatic heterocycles. The highest BCUT2D eigenvalue weighted by molar-refractivity contribution is 7.89. The van der Waals surface area contributed by atoms with Crippen LogP contribution in [0.5, 0.6) is 5.75 Å². The number of benzene rings is 2. The Kier molecular flexibility index (Phi) is 7.00. The van der Waals surface area contributed by atoms with Crippen molar-refractivity contribution >= 4 is 33.4 Å². The summed E-state index contributed by atoms with van der Waals surface area (Å²) >= 11 is 0. The molecule has 2 aromatic carbocycles. The second-order valence-corrected chi connectivity index (χ2v) is 8.49. The topological polar surface area (TPSA) is 128 Å². The highest BCUT2D eigenvalue weighted by Gasteiger charge is 2.25. The number of non-ortho nitro benzene ring substituents is 1. The molecule has 164 valence electrons. The minimum atomic E-state index is -3.59. The SMILES string of the molecule is COc1ccc([N+](=O)[O-])cc1NC(=O)C=Cc1ccc(S(=O)(=O)N2CCOCC2)cc1. The maximum absolute atomic E-state index is 12.6. The van der Waals surface area contributed by atoms with Crippen molar-refractivity contribution in [3.63, 3.8) is 0 Å². The van der Waals surface area contributed by atoms with E-state index in [1.807, 2.05) is 0 Å². The van der Waals surface area contributed by atoms with Crippen LogP contribution in [-0.4, -0.2) is 57.0 Å². The number of rotatable bonds is 7. The number of amides is 1. The lowest BCUT2D eigenvalue weighted by molar-refractivity contribution is -0.384. The molecule has 0 spiro atoms. The van der Waals surface area contributed by atoms with Crippen LogP contribution in [0.25, 0.3) is 6.08 Å². The fourth-order valence-electron chi connectivity index (χ4n) is 2.94. The molecule has 2 aromatic rings. The van der Waals surface area contributed by atoms with Gasteiger partial charge in [0.1, 0.15) is 5.75 Å². The number of hydrogen-bond acceptors (Lipinski definition) is 7. The zero-order valence-corrected chi connectivity index (χ0v) is 17.5. The van der Waals surface area contributed by atoms with Crippen LogP contribution in [0.15, 0.2) is 53.4 Å². The Labute approximate surface area is 179 Å². The molecule has 0 bridgehead atoms. The zero-order valence-electron chi connectivity index (χ0n) is 16.7. The number of anilines is 1.